The molecule has 0 aliphatic rings. The van der Waals surface area contributed by atoms with Gasteiger partial charge in [-0.15, -0.1) is 0 Å². The van der Waals surface area contributed by atoms with Crippen LogP contribution in [0.2, 0.25) is 0 Å². The number of imide groups is 1. The van der Waals surface area contributed by atoms with Crippen LogP contribution in [0.1, 0.15) is 41.5 Å². The highest BCUT2D eigenvalue weighted by Gasteiger charge is 2.32. The molecule has 24 heavy (non-hydrogen) atoms. The minimum absolute atomic E-state index is 0.404. The number of amides is 2. The lowest BCUT2D eigenvalue weighted by atomic mass is 10.2. The molecule has 0 atom stereocenters. The van der Waals surface area contributed by atoms with E-state index in [9.17, 15) is 9.59 Å². The van der Waals surface area contributed by atoms with E-state index >= 15 is 0 Å². The Bertz CT molecular complexity index is 494. The molecule has 7 nitrogen and oxygen atoms in total. The molecular weight excluding hydrogens is 313 g/mol. The maximum absolute atomic E-state index is 12.3. The summed E-state index contributed by atoms with van der Waals surface area (Å²) in [5.74, 6) is 0. The summed E-state index contributed by atoms with van der Waals surface area (Å²) < 4.78 is 10.6. The van der Waals surface area contributed by atoms with E-state index in [1.54, 1.807) is 71.9 Å². The van der Waals surface area contributed by atoms with Crippen LogP contribution in [-0.2, 0) is 9.47 Å². The Morgan fingerprint density at radius 2 is 1.21 bits per heavy atom. The summed E-state index contributed by atoms with van der Waals surface area (Å²) in [5.41, 5.74) is -1.00. The summed E-state index contributed by atoms with van der Waals surface area (Å²) in [5, 5.41) is 14.2. The lowest BCUT2D eigenvalue weighted by molar-refractivity contribution is 0.0430. The minimum atomic E-state index is -0.761. The smallest absolute Gasteiger partial charge is 0.432 e. The minimum Gasteiger partial charge on any atom is -0.443 e. The molecule has 1 rings (SSSR count). The molecule has 2 N–H and O–H groups in total. The lowest BCUT2D eigenvalue weighted by Gasteiger charge is -2.28. The van der Waals surface area contributed by atoms with Crippen molar-refractivity contribution in [2.45, 2.75) is 52.7 Å². The summed E-state index contributed by atoms with van der Waals surface area (Å²) in [6.07, 6.45) is -1.52. The average Bonchev–Trinajstić information content (AvgIpc) is 2.36. The van der Waals surface area contributed by atoms with Crippen molar-refractivity contribution < 1.29 is 29.1 Å². The fourth-order valence-electron chi connectivity index (χ4n) is 1.48. The zero-order valence-electron chi connectivity index (χ0n) is 15.1. The van der Waals surface area contributed by atoms with Crippen molar-refractivity contribution in [1.29, 1.82) is 0 Å². The Morgan fingerprint density at radius 3 is 1.50 bits per heavy atom. The third-order valence-electron chi connectivity index (χ3n) is 2.17. The highest BCUT2D eigenvalue weighted by molar-refractivity contribution is 6.13. The van der Waals surface area contributed by atoms with E-state index in [-0.39, 0.29) is 0 Å². The Hall–Kier alpha value is -2.06. The maximum Gasteiger partial charge on any atom is 0.432 e. The number of benzene rings is 1. The lowest BCUT2D eigenvalue weighted by Crippen LogP contribution is -2.43. The highest BCUT2D eigenvalue weighted by atomic mass is 16.6. The second kappa shape index (κ2) is 9.29. The van der Waals surface area contributed by atoms with Gasteiger partial charge in [0, 0.05) is 0 Å². The van der Waals surface area contributed by atoms with Gasteiger partial charge in [-0.2, -0.15) is 4.90 Å². The summed E-state index contributed by atoms with van der Waals surface area (Å²) in [4.78, 5) is 25.5. The van der Waals surface area contributed by atoms with Gasteiger partial charge in [0.05, 0.1) is 5.69 Å². The summed E-state index contributed by atoms with van der Waals surface area (Å²) in [6, 6.07) is 8.56. The number of carbonyl (C=O) groups excluding carboxylic acids is 2. The van der Waals surface area contributed by atoms with E-state index in [2.05, 4.69) is 0 Å². The number of nitrogens with zero attached hydrogens (tertiary/aromatic N) is 1. The first-order valence-electron chi connectivity index (χ1n) is 7.44. The number of ether oxygens (including phenoxy) is 2. The molecule has 2 amide bonds. The quantitative estimate of drug-likeness (QED) is 0.764. The highest BCUT2D eigenvalue weighted by Crippen LogP contribution is 2.21. The van der Waals surface area contributed by atoms with Crippen molar-refractivity contribution in [1.82, 2.24) is 0 Å². The monoisotopic (exact) mass is 339 g/mol. The summed E-state index contributed by atoms with van der Waals surface area (Å²) >= 11 is 0. The predicted molar refractivity (Wildman–Crippen MR) is 93.0 cm³/mol. The molecule has 0 aromatic heterocycles. The van der Waals surface area contributed by atoms with E-state index in [4.69, 9.17) is 19.5 Å². The van der Waals surface area contributed by atoms with Gasteiger partial charge >= 0.3 is 19.9 Å². The van der Waals surface area contributed by atoms with Crippen molar-refractivity contribution >= 4 is 25.6 Å². The van der Waals surface area contributed by atoms with Crippen molar-refractivity contribution in [3.8, 4) is 0 Å². The van der Waals surface area contributed by atoms with Crippen LogP contribution < -0.4 is 4.90 Å². The third-order valence-corrected chi connectivity index (χ3v) is 2.17. The van der Waals surface area contributed by atoms with Crippen LogP contribution in [0.25, 0.3) is 0 Å². The summed E-state index contributed by atoms with van der Waals surface area (Å²) in [7, 11) is -0.750. The molecular formula is C16H26BNO6. The molecule has 8 heteroatoms. The molecule has 0 heterocycles. The molecule has 1 aromatic carbocycles. The predicted octanol–water partition coefficient (Wildman–Crippen LogP) is 2.60. The van der Waals surface area contributed by atoms with E-state index in [1.807, 2.05) is 0 Å². The van der Waals surface area contributed by atoms with E-state index in [0.29, 0.717) is 5.69 Å². The molecule has 0 unspecified atom stereocenters. The van der Waals surface area contributed by atoms with Crippen LogP contribution in [0, 0.1) is 0 Å². The largest absolute Gasteiger partial charge is 0.443 e. The van der Waals surface area contributed by atoms with Crippen LogP contribution in [0.3, 0.4) is 0 Å². The van der Waals surface area contributed by atoms with Gasteiger partial charge in [-0.1, -0.05) is 18.2 Å². The normalized spacial score (nSPS) is 10.8. The first-order valence-corrected chi connectivity index (χ1v) is 7.44. The zero-order valence-corrected chi connectivity index (χ0v) is 15.1. The van der Waals surface area contributed by atoms with Crippen LogP contribution in [0.15, 0.2) is 30.3 Å². The van der Waals surface area contributed by atoms with Crippen LogP contribution in [0.5, 0.6) is 0 Å². The third kappa shape index (κ3) is 9.17. The van der Waals surface area contributed by atoms with Crippen molar-refractivity contribution in [2.75, 3.05) is 4.90 Å². The fourth-order valence-corrected chi connectivity index (χ4v) is 1.48. The maximum atomic E-state index is 12.3. The Morgan fingerprint density at radius 1 is 0.875 bits per heavy atom. The van der Waals surface area contributed by atoms with Gasteiger partial charge in [0.2, 0.25) is 0 Å². The number of hydrogen-bond acceptors (Lipinski definition) is 6. The molecule has 134 valence electrons. The molecule has 0 bridgehead atoms. The van der Waals surface area contributed by atoms with Gasteiger partial charge in [0.1, 0.15) is 11.2 Å². The van der Waals surface area contributed by atoms with Crippen LogP contribution in [0.4, 0.5) is 15.3 Å². The van der Waals surface area contributed by atoms with Gasteiger partial charge in [0.25, 0.3) is 0 Å². The number of carbonyl (C=O) groups is 2. The first kappa shape index (κ1) is 21.9. The number of rotatable bonds is 1. The van der Waals surface area contributed by atoms with Gasteiger partial charge in [-0.3, -0.25) is 0 Å². The molecule has 0 aliphatic heterocycles. The molecule has 1 aromatic rings. The van der Waals surface area contributed by atoms with Gasteiger partial charge in [-0.25, -0.2) is 9.59 Å². The molecule has 0 spiro atoms. The van der Waals surface area contributed by atoms with Crippen LogP contribution in [-0.4, -0.2) is 41.1 Å². The Labute approximate surface area is 143 Å². The van der Waals surface area contributed by atoms with E-state index in [1.165, 1.54) is 0 Å². The standard InChI is InChI=1S/C16H23NO4.BH3O2/c1-15(2,3)20-13(18)17(12-10-8-7-9-11-12)14(19)21-16(4,5)6;2-1-3/h7-11H,1-6H3;1-3H. The molecule has 0 saturated heterocycles. The fraction of sp³-hybridized carbons (Fsp3) is 0.500. The van der Waals surface area contributed by atoms with Crippen LogP contribution >= 0.6 is 0 Å². The second-order valence-corrected chi connectivity index (χ2v) is 6.77. The topological polar surface area (TPSA) is 96.3 Å². The zero-order chi connectivity index (χ0) is 19.0. The molecule has 0 radical (unpaired) electrons. The average molecular weight is 339 g/mol. The van der Waals surface area contributed by atoms with E-state index in [0.717, 1.165) is 4.90 Å². The van der Waals surface area contributed by atoms with Crippen molar-refractivity contribution in [3.05, 3.63) is 30.3 Å². The molecule has 0 fully saturated rings. The SMILES string of the molecule is CC(C)(C)OC(=O)N(C(=O)OC(C)(C)C)c1ccccc1.OBO. The van der Waals surface area contributed by atoms with Crippen molar-refractivity contribution in [2.24, 2.45) is 0 Å². The van der Waals surface area contributed by atoms with Crippen molar-refractivity contribution in [3.63, 3.8) is 0 Å². The second-order valence-electron chi connectivity index (χ2n) is 6.77. The summed E-state index contributed by atoms with van der Waals surface area (Å²) in [6.45, 7) is 10.4. The van der Waals surface area contributed by atoms with E-state index < -0.39 is 31.1 Å². The van der Waals surface area contributed by atoms with Gasteiger partial charge in [-0.05, 0) is 53.7 Å². The molecule has 0 saturated carbocycles. The first-order chi connectivity index (χ1) is 10.9. The van der Waals surface area contributed by atoms with Gasteiger partial charge < -0.3 is 19.5 Å². The Balaban J connectivity index is 0.00000163. The number of anilines is 1. The number of para-hydroxylation sites is 1. The number of hydrogen-bond donors (Lipinski definition) is 2. The Kier molecular flexibility index (Phi) is 8.50. The van der Waals surface area contributed by atoms with Gasteiger partial charge in [0.15, 0.2) is 0 Å². The molecule has 0 aliphatic carbocycles.